The van der Waals surface area contributed by atoms with Gasteiger partial charge in [0.05, 0.1) is 6.61 Å². The Morgan fingerprint density at radius 2 is 2.54 bits per heavy atom. The van der Waals surface area contributed by atoms with Crippen molar-refractivity contribution in [3.63, 3.8) is 0 Å². The number of aromatic nitrogens is 2. The van der Waals surface area contributed by atoms with Crippen LogP contribution in [0.2, 0.25) is 0 Å². The molecular formula is C7H13N3OS2. The number of hydrogen-bond acceptors (Lipinski definition) is 6. The molecule has 0 amide bonds. The molecule has 1 aromatic heterocycles. The highest BCUT2D eigenvalue weighted by molar-refractivity contribution is 8.00. The van der Waals surface area contributed by atoms with E-state index in [4.69, 9.17) is 4.74 Å². The predicted octanol–water partition coefficient (Wildman–Crippen LogP) is 0.866. The summed E-state index contributed by atoms with van der Waals surface area (Å²) < 4.78 is 9.86. The van der Waals surface area contributed by atoms with Crippen LogP contribution in [0.4, 0.5) is 0 Å². The summed E-state index contributed by atoms with van der Waals surface area (Å²) in [5.41, 5.74) is 0. The van der Waals surface area contributed by atoms with Crippen LogP contribution >= 0.6 is 23.3 Å². The van der Waals surface area contributed by atoms with Gasteiger partial charge in [-0.3, -0.25) is 0 Å². The first-order chi connectivity index (χ1) is 6.43. The Hall–Kier alpha value is -0.170. The van der Waals surface area contributed by atoms with Gasteiger partial charge < -0.3 is 10.1 Å². The molecule has 0 unspecified atom stereocenters. The van der Waals surface area contributed by atoms with E-state index in [9.17, 15) is 0 Å². The lowest BCUT2D eigenvalue weighted by atomic mass is 10.6. The van der Waals surface area contributed by atoms with Gasteiger partial charge in [0, 0.05) is 26.0 Å². The van der Waals surface area contributed by atoms with Gasteiger partial charge in [-0.25, -0.2) is 4.98 Å². The maximum absolute atomic E-state index is 4.90. The number of hydrogen-bond donors (Lipinski definition) is 1. The molecule has 0 atom stereocenters. The molecule has 0 aliphatic heterocycles. The second-order valence-corrected chi connectivity index (χ2v) is 4.42. The van der Waals surface area contributed by atoms with Crippen LogP contribution in [0.5, 0.6) is 0 Å². The molecule has 0 aromatic carbocycles. The fourth-order valence-corrected chi connectivity index (χ4v) is 2.15. The van der Waals surface area contributed by atoms with Crippen molar-refractivity contribution in [1.82, 2.24) is 14.7 Å². The molecule has 13 heavy (non-hydrogen) atoms. The molecule has 1 N–H and O–H groups in total. The average molecular weight is 219 g/mol. The number of methoxy groups -OCH3 is 1. The molecule has 1 aromatic rings. The molecule has 0 spiro atoms. The topological polar surface area (TPSA) is 47.0 Å². The number of rotatable bonds is 7. The Morgan fingerprint density at radius 1 is 1.62 bits per heavy atom. The van der Waals surface area contributed by atoms with E-state index in [1.54, 1.807) is 25.2 Å². The Bertz CT molecular complexity index is 206. The lowest BCUT2D eigenvalue weighted by molar-refractivity contribution is 0.200. The molecule has 0 aliphatic rings. The van der Waals surface area contributed by atoms with Gasteiger partial charge in [-0.2, -0.15) is 4.37 Å². The average Bonchev–Trinajstić information content (AvgIpc) is 2.63. The number of nitrogens with one attached hydrogen (secondary N) is 1. The van der Waals surface area contributed by atoms with Gasteiger partial charge in [0.2, 0.25) is 0 Å². The minimum absolute atomic E-state index is 0.767. The third kappa shape index (κ3) is 5.20. The van der Waals surface area contributed by atoms with Crippen LogP contribution < -0.4 is 5.32 Å². The number of nitrogens with zero attached hydrogens (tertiary/aromatic N) is 2. The van der Waals surface area contributed by atoms with E-state index in [0.717, 1.165) is 29.8 Å². The second-order valence-electron chi connectivity index (χ2n) is 2.30. The van der Waals surface area contributed by atoms with E-state index >= 15 is 0 Å². The van der Waals surface area contributed by atoms with E-state index in [2.05, 4.69) is 14.7 Å². The minimum atomic E-state index is 0.767. The fraction of sp³-hybridized carbons (Fsp3) is 0.714. The van der Waals surface area contributed by atoms with Crippen molar-refractivity contribution in [2.45, 2.75) is 4.34 Å². The van der Waals surface area contributed by atoms with Crippen LogP contribution in [0.25, 0.3) is 0 Å². The largest absolute Gasteiger partial charge is 0.383 e. The van der Waals surface area contributed by atoms with Crippen molar-refractivity contribution in [3.05, 3.63) is 6.33 Å². The van der Waals surface area contributed by atoms with Crippen molar-refractivity contribution < 1.29 is 4.74 Å². The van der Waals surface area contributed by atoms with Crippen molar-refractivity contribution >= 4 is 23.3 Å². The zero-order chi connectivity index (χ0) is 9.36. The van der Waals surface area contributed by atoms with Crippen LogP contribution in [0.15, 0.2) is 10.7 Å². The van der Waals surface area contributed by atoms with Crippen LogP contribution in [0.1, 0.15) is 0 Å². The fourth-order valence-electron chi connectivity index (χ4n) is 0.736. The van der Waals surface area contributed by atoms with Crippen LogP contribution in [0, 0.1) is 0 Å². The van der Waals surface area contributed by atoms with Crippen molar-refractivity contribution in [3.8, 4) is 0 Å². The summed E-state index contributed by atoms with van der Waals surface area (Å²) >= 11 is 3.17. The molecule has 0 saturated heterocycles. The van der Waals surface area contributed by atoms with E-state index < -0.39 is 0 Å². The maximum atomic E-state index is 4.90. The molecule has 0 radical (unpaired) electrons. The van der Waals surface area contributed by atoms with Crippen molar-refractivity contribution in [1.29, 1.82) is 0 Å². The molecule has 0 saturated carbocycles. The summed E-state index contributed by atoms with van der Waals surface area (Å²) in [6.07, 6.45) is 1.59. The highest BCUT2D eigenvalue weighted by Crippen LogP contribution is 2.16. The zero-order valence-electron chi connectivity index (χ0n) is 7.52. The van der Waals surface area contributed by atoms with Gasteiger partial charge in [-0.15, -0.1) is 0 Å². The standard InChI is InChI=1S/C7H13N3OS2/c1-11-4-2-8-3-5-12-7-9-6-10-13-7/h6,8H,2-5H2,1H3. The quantitative estimate of drug-likeness (QED) is 0.544. The van der Waals surface area contributed by atoms with Crippen molar-refractivity contribution in [2.24, 2.45) is 0 Å². The molecule has 0 fully saturated rings. The molecule has 1 heterocycles. The lowest BCUT2D eigenvalue weighted by Gasteiger charge is -2.01. The van der Waals surface area contributed by atoms with Gasteiger partial charge in [-0.05, 0) is 11.5 Å². The van der Waals surface area contributed by atoms with Gasteiger partial charge in [0.25, 0.3) is 0 Å². The molecule has 1 rings (SSSR count). The summed E-state index contributed by atoms with van der Waals surface area (Å²) in [6.45, 7) is 2.66. The maximum Gasteiger partial charge on any atom is 0.169 e. The molecule has 6 heteroatoms. The normalized spacial score (nSPS) is 10.5. The third-order valence-electron chi connectivity index (χ3n) is 1.33. The molecule has 0 bridgehead atoms. The van der Waals surface area contributed by atoms with Crippen LogP contribution in [0.3, 0.4) is 0 Å². The van der Waals surface area contributed by atoms with E-state index in [0.29, 0.717) is 0 Å². The lowest BCUT2D eigenvalue weighted by Crippen LogP contribution is -2.21. The van der Waals surface area contributed by atoms with E-state index in [1.165, 1.54) is 11.5 Å². The highest BCUT2D eigenvalue weighted by Gasteiger charge is 1.95. The number of ether oxygens (including phenoxy) is 1. The Labute approximate surface area is 86.3 Å². The summed E-state index contributed by atoms with van der Waals surface area (Å²) in [7, 11) is 1.71. The number of thioether (sulfide) groups is 1. The summed E-state index contributed by atoms with van der Waals surface area (Å²) in [6, 6.07) is 0. The zero-order valence-corrected chi connectivity index (χ0v) is 9.16. The molecule has 0 aliphatic carbocycles. The Balaban J connectivity index is 1.90. The first-order valence-corrected chi connectivity index (χ1v) is 5.78. The smallest absolute Gasteiger partial charge is 0.169 e. The van der Waals surface area contributed by atoms with E-state index in [1.807, 2.05) is 0 Å². The van der Waals surface area contributed by atoms with Gasteiger partial charge in [0.15, 0.2) is 4.34 Å². The molecular weight excluding hydrogens is 206 g/mol. The predicted molar refractivity (Wildman–Crippen MR) is 55.4 cm³/mol. The summed E-state index contributed by atoms with van der Waals surface area (Å²) in [5.74, 6) is 1.03. The Kier molecular flexibility index (Phi) is 6.09. The third-order valence-corrected chi connectivity index (χ3v) is 3.13. The first kappa shape index (κ1) is 10.9. The summed E-state index contributed by atoms with van der Waals surface area (Å²) in [4.78, 5) is 4.07. The first-order valence-electron chi connectivity index (χ1n) is 4.02. The second kappa shape index (κ2) is 7.25. The highest BCUT2D eigenvalue weighted by atomic mass is 32.2. The molecule has 4 nitrogen and oxygen atoms in total. The SMILES string of the molecule is COCCNCCSc1ncns1. The Morgan fingerprint density at radius 3 is 3.23 bits per heavy atom. The molecule has 74 valence electrons. The van der Waals surface area contributed by atoms with Gasteiger partial charge in [-0.1, -0.05) is 11.8 Å². The minimum Gasteiger partial charge on any atom is -0.383 e. The van der Waals surface area contributed by atoms with Crippen LogP contribution in [-0.4, -0.2) is 41.9 Å². The monoisotopic (exact) mass is 219 g/mol. The van der Waals surface area contributed by atoms with Crippen molar-refractivity contribution in [2.75, 3.05) is 32.6 Å². The van der Waals surface area contributed by atoms with Gasteiger partial charge in [0.1, 0.15) is 6.33 Å². The van der Waals surface area contributed by atoms with Gasteiger partial charge >= 0.3 is 0 Å². The van der Waals surface area contributed by atoms with Crippen LogP contribution in [-0.2, 0) is 4.74 Å². The van der Waals surface area contributed by atoms with E-state index in [-0.39, 0.29) is 0 Å². The summed E-state index contributed by atoms with van der Waals surface area (Å²) in [5, 5.41) is 3.26.